The van der Waals surface area contributed by atoms with E-state index in [1.165, 1.54) is 0 Å². The Labute approximate surface area is 131 Å². The highest BCUT2D eigenvalue weighted by molar-refractivity contribution is 5.81. The van der Waals surface area contributed by atoms with E-state index in [-0.39, 0.29) is 12.5 Å². The number of rotatable bonds is 3. The van der Waals surface area contributed by atoms with E-state index in [0.29, 0.717) is 23.0 Å². The second-order valence-corrected chi connectivity index (χ2v) is 5.03. The third-order valence-corrected chi connectivity index (χ3v) is 3.67. The Kier molecular flexibility index (Phi) is 3.08. The van der Waals surface area contributed by atoms with Gasteiger partial charge in [0.15, 0.2) is 17.3 Å². The molecule has 1 aliphatic rings. The van der Waals surface area contributed by atoms with E-state index >= 15 is 0 Å². The Hall–Kier alpha value is -3.15. The lowest BCUT2D eigenvalue weighted by Crippen LogP contribution is -1.93. The van der Waals surface area contributed by atoms with E-state index in [2.05, 4.69) is 5.16 Å². The molecule has 1 aliphatic heterocycles. The molecule has 0 saturated carbocycles. The van der Waals surface area contributed by atoms with Gasteiger partial charge >= 0.3 is 0 Å². The molecular formula is C17H13NO5. The summed E-state index contributed by atoms with van der Waals surface area (Å²) in [5, 5.41) is 13.3. The first-order chi connectivity index (χ1) is 11.3. The topological polar surface area (TPSA) is 74.0 Å². The van der Waals surface area contributed by atoms with Crippen LogP contribution in [0.5, 0.6) is 23.0 Å². The van der Waals surface area contributed by atoms with Gasteiger partial charge in [-0.3, -0.25) is 0 Å². The number of aromatic nitrogens is 1. The maximum Gasteiger partial charge on any atom is 0.231 e. The molecule has 0 saturated heterocycles. The first-order valence-electron chi connectivity index (χ1n) is 6.98. The van der Waals surface area contributed by atoms with Crippen LogP contribution in [0, 0.1) is 0 Å². The van der Waals surface area contributed by atoms with Crippen molar-refractivity contribution in [1.29, 1.82) is 0 Å². The first kappa shape index (κ1) is 13.5. The van der Waals surface area contributed by atoms with Crippen molar-refractivity contribution in [2.75, 3.05) is 13.9 Å². The standard InChI is InChI=1S/C17H13NO5/c1-20-14-6-11(7-15-17(14)22-9-21-15)16-13(8-18-23-16)10-2-4-12(19)5-3-10/h2-8,19H,9H2,1H3. The van der Waals surface area contributed by atoms with Gasteiger partial charge in [-0.15, -0.1) is 0 Å². The summed E-state index contributed by atoms with van der Waals surface area (Å²) in [7, 11) is 1.57. The van der Waals surface area contributed by atoms with Gasteiger partial charge in [0.05, 0.1) is 13.3 Å². The third kappa shape index (κ3) is 2.24. The fraction of sp³-hybridized carbons (Fsp3) is 0.118. The molecule has 1 N–H and O–H groups in total. The summed E-state index contributed by atoms with van der Waals surface area (Å²) in [4.78, 5) is 0. The molecule has 3 aromatic rings. The lowest BCUT2D eigenvalue weighted by atomic mass is 10.0. The molecule has 1 aromatic heterocycles. The van der Waals surface area contributed by atoms with Crippen LogP contribution in [0.2, 0.25) is 0 Å². The van der Waals surface area contributed by atoms with Crippen molar-refractivity contribution < 1.29 is 23.8 Å². The number of nitrogens with zero attached hydrogens (tertiary/aromatic N) is 1. The predicted molar refractivity (Wildman–Crippen MR) is 81.7 cm³/mol. The van der Waals surface area contributed by atoms with Crippen molar-refractivity contribution in [3.63, 3.8) is 0 Å². The number of phenols is 1. The minimum absolute atomic E-state index is 0.163. The zero-order valence-electron chi connectivity index (χ0n) is 12.3. The average molecular weight is 311 g/mol. The van der Waals surface area contributed by atoms with Crippen LogP contribution in [0.4, 0.5) is 0 Å². The largest absolute Gasteiger partial charge is 0.508 e. The molecule has 0 amide bonds. The molecule has 23 heavy (non-hydrogen) atoms. The normalized spacial score (nSPS) is 12.4. The highest BCUT2D eigenvalue weighted by Crippen LogP contribution is 2.45. The lowest BCUT2D eigenvalue weighted by Gasteiger charge is -2.08. The number of hydrogen-bond donors (Lipinski definition) is 1. The zero-order valence-corrected chi connectivity index (χ0v) is 12.3. The molecule has 0 fully saturated rings. The van der Waals surface area contributed by atoms with Crippen LogP contribution in [0.1, 0.15) is 0 Å². The van der Waals surface area contributed by atoms with Crippen molar-refractivity contribution in [3.8, 4) is 45.4 Å². The Balaban J connectivity index is 1.83. The van der Waals surface area contributed by atoms with Crippen molar-refractivity contribution in [2.45, 2.75) is 0 Å². The number of fused-ring (bicyclic) bond motifs is 1. The van der Waals surface area contributed by atoms with Crippen LogP contribution < -0.4 is 14.2 Å². The van der Waals surface area contributed by atoms with Crippen molar-refractivity contribution >= 4 is 0 Å². The van der Waals surface area contributed by atoms with E-state index in [4.69, 9.17) is 18.7 Å². The number of phenolic OH excluding ortho intramolecular Hbond substituents is 1. The zero-order chi connectivity index (χ0) is 15.8. The number of benzene rings is 2. The van der Waals surface area contributed by atoms with Crippen LogP contribution in [0.3, 0.4) is 0 Å². The fourth-order valence-corrected chi connectivity index (χ4v) is 2.56. The highest BCUT2D eigenvalue weighted by Gasteiger charge is 2.23. The van der Waals surface area contributed by atoms with E-state index < -0.39 is 0 Å². The molecule has 116 valence electrons. The summed E-state index contributed by atoms with van der Waals surface area (Å²) >= 11 is 0. The fourth-order valence-electron chi connectivity index (χ4n) is 2.56. The summed E-state index contributed by atoms with van der Waals surface area (Å²) in [6.07, 6.45) is 1.64. The maximum atomic E-state index is 9.43. The van der Waals surface area contributed by atoms with Gasteiger partial charge in [-0.05, 0) is 29.8 Å². The van der Waals surface area contributed by atoms with Crippen LogP contribution in [-0.4, -0.2) is 24.2 Å². The summed E-state index contributed by atoms with van der Waals surface area (Å²) in [5.41, 5.74) is 2.47. The molecule has 0 aliphatic carbocycles. The summed E-state index contributed by atoms with van der Waals surface area (Å²) in [5.74, 6) is 2.56. The van der Waals surface area contributed by atoms with Crippen molar-refractivity contribution in [1.82, 2.24) is 5.16 Å². The van der Waals surface area contributed by atoms with Gasteiger partial charge in [-0.2, -0.15) is 0 Å². The Morgan fingerprint density at radius 2 is 1.91 bits per heavy atom. The van der Waals surface area contributed by atoms with Gasteiger partial charge in [-0.25, -0.2) is 0 Å². The first-order valence-corrected chi connectivity index (χ1v) is 6.98. The highest BCUT2D eigenvalue weighted by atomic mass is 16.7. The summed E-state index contributed by atoms with van der Waals surface area (Å²) in [6, 6.07) is 10.5. The van der Waals surface area contributed by atoms with Gasteiger partial charge in [0.25, 0.3) is 0 Å². The Morgan fingerprint density at radius 1 is 1.09 bits per heavy atom. The van der Waals surface area contributed by atoms with E-state index in [0.717, 1.165) is 16.7 Å². The lowest BCUT2D eigenvalue weighted by molar-refractivity contribution is 0.171. The molecular weight excluding hydrogens is 298 g/mol. The quantitative estimate of drug-likeness (QED) is 0.798. The van der Waals surface area contributed by atoms with Crippen molar-refractivity contribution in [3.05, 3.63) is 42.6 Å². The van der Waals surface area contributed by atoms with Gasteiger partial charge in [0.2, 0.25) is 12.5 Å². The summed E-state index contributed by atoms with van der Waals surface area (Å²) in [6.45, 7) is 0.163. The minimum atomic E-state index is 0.163. The van der Waals surface area contributed by atoms with Crippen LogP contribution >= 0.6 is 0 Å². The van der Waals surface area contributed by atoms with E-state index in [1.807, 2.05) is 12.1 Å². The summed E-state index contributed by atoms with van der Waals surface area (Å²) < 4.78 is 21.6. The Morgan fingerprint density at radius 3 is 2.70 bits per heavy atom. The van der Waals surface area contributed by atoms with E-state index in [1.54, 1.807) is 37.6 Å². The molecule has 0 atom stereocenters. The average Bonchev–Trinajstić information content (AvgIpc) is 3.23. The van der Waals surface area contributed by atoms with Crippen LogP contribution in [-0.2, 0) is 0 Å². The number of hydrogen-bond acceptors (Lipinski definition) is 6. The van der Waals surface area contributed by atoms with E-state index in [9.17, 15) is 5.11 Å². The molecule has 2 aromatic carbocycles. The van der Waals surface area contributed by atoms with Gasteiger partial charge in [-0.1, -0.05) is 17.3 Å². The second-order valence-electron chi connectivity index (χ2n) is 5.03. The maximum absolute atomic E-state index is 9.43. The smallest absolute Gasteiger partial charge is 0.231 e. The van der Waals surface area contributed by atoms with Gasteiger partial charge in [0.1, 0.15) is 5.75 Å². The monoisotopic (exact) mass is 311 g/mol. The van der Waals surface area contributed by atoms with Gasteiger partial charge < -0.3 is 23.8 Å². The van der Waals surface area contributed by atoms with Crippen LogP contribution in [0.25, 0.3) is 22.5 Å². The van der Waals surface area contributed by atoms with Crippen LogP contribution in [0.15, 0.2) is 47.1 Å². The Bertz CT molecular complexity index is 854. The SMILES string of the molecule is COc1cc(-c2oncc2-c2ccc(O)cc2)cc2c1OCO2. The number of methoxy groups -OCH3 is 1. The molecule has 0 bridgehead atoms. The third-order valence-electron chi connectivity index (χ3n) is 3.67. The van der Waals surface area contributed by atoms with Gasteiger partial charge in [0, 0.05) is 11.1 Å². The molecule has 4 rings (SSSR count). The molecule has 6 heteroatoms. The molecule has 6 nitrogen and oxygen atoms in total. The molecule has 0 radical (unpaired) electrons. The predicted octanol–water partition coefficient (Wildman–Crippen LogP) is 3.45. The molecule has 2 heterocycles. The van der Waals surface area contributed by atoms with Crippen molar-refractivity contribution in [2.24, 2.45) is 0 Å². The molecule has 0 unspecified atom stereocenters. The minimum Gasteiger partial charge on any atom is -0.508 e. The molecule has 0 spiro atoms. The second kappa shape index (κ2) is 5.24. The number of aromatic hydroxyl groups is 1. The number of ether oxygens (including phenoxy) is 3.